The van der Waals surface area contributed by atoms with Crippen molar-refractivity contribution in [3.8, 4) is 0 Å². The van der Waals surface area contributed by atoms with E-state index in [-0.39, 0.29) is 6.54 Å². The number of carboxylic acids is 1. The summed E-state index contributed by atoms with van der Waals surface area (Å²) in [7, 11) is 1.59. The molecule has 0 aromatic rings. The Kier molecular flexibility index (Phi) is 42.7. The minimum atomic E-state index is -0.822. The molecular formula is C14H29NO2. The lowest BCUT2D eigenvalue weighted by Crippen LogP contribution is -2.16. The first kappa shape index (κ1) is 24.7. The Hall–Kier alpha value is -1.35. The molecule has 0 fully saturated rings. The van der Waals surface area contributed by atoms with Crippen LogP contribution in [-0.2, 0) is 4.79 Å². The van der Waals surface area contributed by atoms with Gasteiger partial charge in [-0.05, 0) is 14.0 Å². The number of nitrogens with one attached hydrogen (secondary N) is 1. The van der Waals surface area contributed by atoms with E-state index in [1.807, 2.05) is 40.7 Å². The van der Waals surface area contributed by atoms with Crippen LogP contribution >= 0.6 is 0 Å². The van der Waals surface area contributed by atoms with E-state index in [0.717, 1.165) is 5.57 Å². The molecule has 0 spiro atoms. The van der Waals surface area contributed by atoms with Crippen LogP contribution < -0.4 is 5.32 Å². The highest BCUT2D eigenvalue weighted by molar-refractivity contribution is 5.68. The normalized spacial score (nSPS) is 8.00. The Labute approximate surface area is 107 Å². The van der Waals surface area contributed by atoms with Crippen LogP contribution in [0.15, 0.2) is 37.0 Å². The second-order valence-corrected chi connectivity index (χ2v) is 2.27. The zero-order valence-electron chi connectivity index (χ0n) is 12.2. The van der Waals surface area contributed by atoms with E-state index in [0.29, 0.717) is 0 Å². The molecule has 0 aliphatic heterocycles. The van der Waals surface area contributed by atoms with Crippen molar-refractivity contribution in [2.24, 2.45) is 0 Å². The number of aliphatic carboxylic acids is 1. The van der Waals surface area contributed by atoms with Gasteiger partial charge < -0.3 is 10.4 Å². The Balaban J connectivity index is -0.0000000772. The van der Waals surface area contributed by atoms with Gasteiger partial charge in [0, 0.05) is 0 Å². The van der Waals surface area contributed by atoms with Crippen molar-refractivity contribution < 1.29 is 9.90 Å². The van der Waals surface area contributed by atoms with Crippen molar-refractivity contribution in [1.82, 2.24) is 5.32 Å². The third-order valence-corrected chi connectivity index (χ3v) is 1.03. The molecule has 0 rings (SSSR count). The number of likely N-dealkylation sites (N-methyl/N-ethyl adjacent to an activating group) is 1. The van der Waals surface area contributed by atoms with Crippen molar-refractivity contribution in [3.63, 3.8) is 0 Å². The molecule has 0 aliphatic rings. The van der Waals surface area contributed by atoms with Gasteiger partial charge in [0.15, 0.2) is 0 Å². The maximum Gasteiger partial charge on any atom is 0.317 e. The molecule has 0 aliphatic carbocycles. The fourth-order valence-electron chi connectivity index (χ4n) is 0.405. The topological polar surface area (TPSA) is 49.3 Å². The molecule has 0 bridgehead atoms. The maximum atomic E-state index is 9.54. The predicted octanol–water partition coefficient (Wildman–Crippen LogP) is 3.65. The molecule has 0 saturated heterocycles. The number of hydrogen-bond donors (Lipinski definition) is 2. The van der Waals surface area contributed by atoms with Crippen molar-refractivity contribution in [2.45, 2.75) is 34.6 Å². The molecule has 0 unspecified atom stereocenters. The first-order valence-corrected chi connectivity index (χ1v) is 5.86. The van der Waals surface area contributed by atoms with E-state index in [9.17, 15) is 4.79 Å². The SMILES string of the molecule is C=C/C=C(/C)C=C.CC.CC.CNCC(=O)O. The zero-order valence-corrected chi connectivity index (χ0v) is 12.2. The lowest BCUT2D eigenvalue weighted by atomic mass is 10.3. The largest absolute Gasteiger partial charge is 0.480 e. The molecule has 0 heterocycles. The van der Waals surface area contributed by atoms with Gasteiger partial charge in [-0.15, -0.1) is 0 Å². The van der Waals surface area contributed by atoms with E-state index in [2.05, 4.69) is 18.5 Å². The van der Waals surface area contributed by atoms with Gasteiger partial charge in [-0.1, -0.05) is 64.7 Å². The third-order valence-electron chi connectivity index (χ3n) is 1.03. The van der Waals surface area contributed by atoms with Gasteiger partial charge >= 0.3 is 5.97 Å². The van der Waals surface area contributed by atoms with Crippen LogP contribution in [0.2, 0.25) is 0 Å². The fourth-order valence-corrected chi connectivity index (χ4v) is 0.405. The first-order valence-electron chi connectivity index (χ1n) is 5.86. The Morgan fingerprint density at radius 2 is 1.65 bits per heavy atom. The second-order valence-electron chi connectivity index (χ2n) is 2.27. The lowest BCUT2D eigenvalue weighted by Gasteiger charge is -1.84. The molecule has 102 valence electrons. The summed E-state index contributed by atoms with van der Waals surface area (Å²) >= 11 is 0. The highest BCUT2D eigenvalue weighted by Gasteiger charge is 1.86. The summed E-state index contributed by atoms with van der Waals surface area (Å²) in [6.45, 7) is 17.1. The van der Waals surface area contributed by atoms with Gasteiger partial charge in [0.2, 0.25) is 0 Å². The van der Waals surface area contributed by atoms with Crippen LogP contribution in [0.1, 0.15) is 34.6 Å². The molecule has 2 N–H and O–H groups in total. The molecule has 0 aromatic heterocycles. The van der Waals surface area contributed by atoms with Gasteiger partial charge in [0.25, 0.3) is 0 Å². The number of hydrogen-bond acceptors (Lipinski definition) is 2. The number of carboxylic acid groups (broad SMARTS) is 1. The summed E-state index contributed by atoms with van der Waals surface area (Å²) in [5, 5.41) is 10.3. The average molecular weight is 243 g/mol. The van der Waals surface area contributed by atoms with Crippen molar-refractivity contribution in [3.05, 3.63) is 37.0 Å². The molecule has 17 heavy (non-hydrogen) atoms. The van der Waals surface area contributed by atoms with Crippen molar-refractivity contribution in [1.29, 1.82) is 0 Å². The van der Waals surface area contributed by atoms with Gasteiger partial charge in [0.1, 0.15) is 0 Å². The van der Waals surface area contributed by atoms with Crippen LogP contribution in [0, 0.1) is 0 Å². The van der Waals surface area contributed by atoms with Crippen LogP contribution in [0.5, 0.6) is 0 Å². The third kappa shape index (κ3) is 53.0. The highest BCUT2D eigenvalue weighted by Crippen LogP contribution is 1.90. The fraction of sp³-hybridized carbons (Fsp3) is 0.500. The molecule has 0 amide bonds. The Morgan fingerprint density at radius 3 is 1.71 bits per heavy atom. The molecule has 3 heteroatoms. The molecular weight excluding hydrogens is 214 g/mol. The number of allylic oxidation sites excluding steroid dienone is 4. The van der Waals surface area contributed by atoms with Gasteiger partial charge in [0.05, 0.1) is 6.54 Å². The summed E-state index contributed by atoms with van der Waals surface area (Å²) in [5.41, 5.74) is 1.15. The van der Waals surface area contributed by atoms with Gasteiger partial charge in [-0.3, -0.25) is 4.79 Å². The smallest absolute Gasteiger partial charge is 0.317 e. The highest BCUT2D eigenvalue weighted by atomic mass is 16.4. The summed E-state index contributed by atoms with van der Waals surface area (Å²) in [6.07, 6.45) is 5.45. The van der Waals surface area contributed by atoms with Crippen LogP contribution in [0.3, 0.4) is 0 Å². The van der Waals surface area contributed by atoms with Crippen LogP contribution in [0.4, 0.5) is 0 Å². The van der Waals surface area contributed by atoms with E-state index in [1.165, 1.54) is 0 Å². The monoisotopic (exact) mass is 243 g/mol. The van der Waals surface area contributed by atoms with Crippen LogP contribution in [-0.4, -0.2) is 24.7 Å². The van der Waals surface area contributed by atoms with Crippen LogP contribution in [0.25, 0.3) is 0 Å². The van der Waals surface area contributed by atoms with E-state index in [1.54, 1.807) is 19.2 Å². The van der Waals surface area contributed by atoms with E-state index >= 15 is 0 Å². The summed E-state index contributed by atoms with van der Waals surface area (Å²) < 4.78 is 0. The molecule has 0 atom stereocenters. The lowest BCUT2D eigenvalue weighted by molar-refractivity contribution is -0.135. The maximum absolute atomic E-state index is 9.54. The average Bonchev–Trinajstić information content (AvgIpc) is 2.35. The number of rotatable bonds is 4. The van der Waals surface area contributed by atoms with Gasteiger partial charge in [-0.25, -0.2) is 0 Å². The van der Waals surface area contributed by atoms with Crippen molar-refractivity contribution in [2.75, 3.05) is 13.6 Å². The first-order chi connectivity index (χ1) is 8.08. The molecule has 0 saturated carbocycles. The predicted molar refractivity (Wildman–Crippen MR) is 78.4 cm³/mol. The molecule has 0 radical (unpaired) electrons. The summed E-state index contributed by atoms with van der Waals surface area (Å²) in [6, 6.07) is 0. The van der Waals surface area contributed by atoms with E-state index in [4.69, 9.17) is 5.11 Å². The summed E-state index contributed by atoms with van der Waals surface area (Å²) in [4.78, 5) is 9.54. The summed E-state index contributed by atoms with van der Waals surface area (Å²) in [5.74, 6) is -0.822. The van der Waals surface area contributed by atoms with Gasteiger partial charge in [-0.2, -0.15) is 0 Å². The minimum absolute atomic E-state index is 0.0417. The quantitative estimate of drug-likeness (QED) is 0.741. The Bertz CT molecular complexity index is 196. The molecule has 0 aromatic carbocycles. The van der Waals surface area contributed by atoms with Crippen molar-refractivity contribution >= 4 is 5.97 Å². The second kappa shape index (κ2) is 29.3. The standard InChI is InChI=1S/C7H10.C3H7NO2.2C2H6/c1-4-6-7(3)5-2;1-4-2-3(5)6;2*1-2/h4-6H,1-2H2,3H3;4H,2H2,1H3,(H,5,6);2*1-2H3/b7-6-;;;. The van der Waals surface area contributed by atoms with E-state index < -0.39 is 5.97 Å². The Morgan fingerprint density at radius 1 is 1.24 bits per heavy atom. The minimum Gasteiger partial charge on any atom is -0.480 e. The zero-order chi connectivity index (χ0) is 14.7. The number of carbonyl (C=O) groups is 1. The molecule has 3 nitrogen and oxygen atoms in total.